The van der Waals surface area contributed by atoms with Crippen molar-refractivity contribution >= 4 is 11.3 Å². The Kier molecular flexibility index (Phi) is 4.17. The summed E-state index contributed by atoms with van der Waals surface area (Å²) in [6, 6.07) is 4.15. The van der Waals surface area contributed by atoms with E-state index in [1.807, 2.05) is 0 Å². The molecule has 8 heteroatoms. The zero-order valence-corrected chi connectivity index (χ0v) is 11.5. The van der Waals surface area contributed by atoms with Crippen LogP contribution in [-0.4, -0.2) is 21.5 Å². The highest BCUT2D eigenvalue weighted by atomic mass is 32.1. The molecular weight excluding hydrogens is 291 g/mol. The Balaban J connectivity index is 2.29. The summed E-state index contributed by atoms with van der Waals surface area (Å²) in [5, 5.41) is 12.7. The average molecular weight is 305 g/mol. The smallest absolute Gasteiger partial charge is 0.396 e. The second kappa shape index (κ2) is 5.55. The van der Waals surface area contributed by atoms with Gasteiger partial charge in [-0.1, -0.05) is 0 Å². The Bertz CT molecular complexity index is 591. The molecule has 0 saturated heterocycles. The highest BCUT2D eigenvalue weighted by Gasteiger charge is 2.35. The van der Waals surface area contributed by atoms with Gasteiger partial charge in [0.15, 0.2) is 0 Å². The SMILES string of the molecule is Cn1nc(-c2ccc(C(N)CCO)s2)cc1C(F)(F)F. The van der Waals surface area contributed by atoms with Gasteiger partial charge in [-0.15, -0.1) is 11.3 Å². The van der Waals surface area contributed by atoms with Crippen LogP contribution in [0.4, 0.5) is 13.2 Å². The lowest BCUT2D eigenvalue weighted by Crippen LogP contribution is -2.11. The fraction of sp³-hybridized carbons (Fsp3) is 0.417. The summed E-state index contributed by atoms with van der Waals surface area (Å²) < 4.78 is 38.9. The molecule has 2 heterocycles. The molecule has 0 saturated carbocycles. The van der Waals surface area contributed by atoms with Crippen LogP contribution in [0.15, 0.2) is 18.2 Å². The maximum absolute atomic E-state index is 12.7. The van der Waals surface area contributed by atoms with Gasteiger partial charge in [0.05, 0.1) is 4.88 Å². The Hall–Kier alpha value is -1.38. The van der Waals surface area contributed by atoms with E-state index >= 15 is 0 Å². The summed E-state index contributed by atoms with van der Waals surface area (Å²) in [4.78, 5) is 1.44. The van der Waals surface area contributed by atoms with Gasteiger partial charge in [-0.25, -0.2) is 0 Å². The molecule has 2 aromatic heterocycles. The summed E-state index contributed by atoms with van der Waals surface area (Å²) in [6.45, 7) is -0.0315. The van der Waals surface area contributed by atoms with Gasteiger partial charge in [0.1, 0.15) is 11.4 Å². The summed E-state index contributed by atoms with van der Waals surface area (Å²) in [7, 11) is 1.26. The van der Waals surface area contributed by atoms with Crippen LogP contribution in [-0.2, 0) is 13.2 Å². The van der Waals surface area contributed by atoms with Gasteiger partial charge in [-0.3, -0.25) is 4.68 Å². The highest BCUT2D eigenvalue weighted by Crippen LogP contribution is 2.35. The number of aryl methyl sites for hydroxylation is 1. The first-order valence-electron chi connectivity index (χ1n) is 5.90. The fourth-order valence-corrected chi connectivity index (χ4v) is 2.82. The van der Waals surface area contributed by atoms with Gasteiger partial charge >= 0.3 is 6.18 Å². The van der Waals surface area contributed by atoms with E-state index in [0.29, 0.717) is 11.3 Å². The number of hydrogen-bond acceptors (Lipinski definition) is 4. The Morgan fingerprint density at radius 1 is 1.45 bits per heavy atom. The largest absolute Gasteiger partial charge is 0.433 e. The predicted octanol–water partition coefficient (Wildman–Crippen LogP) is 2.55. The number of aliphatic hydroxyl groups excluding tert-OH is 1. The first-order valence-corrected chi connectivity index (χ1v) is 6.72. The van der Waals surface area contributed by atoms with Crippen molar-refractivity contribution in [2.24, 2.45) is 12.8 Å². The summed E-state index contributed by atoms with van der Waals surface area (Å²) in [6.07, 6.45) is -4.01. The number of aromatic nitrogens is 2. The molecule has 2 aromatic rings. The van der Waals surface area contributed by atoms with Crippen molar-refractivity contribution in [2.45, 2.75) is 18.6 Å². The second-order valence-corrected chi connectivity index (χ2v) is 5.47. The molecule has 2 rings (SSSR count). The van der Waals surface area contributed by atoms with Crippen LogP contribution in [0.5, 0.6) is 0 Å². The van der Waals surface area contributed by atoms with E-state index in [4.69, 9.17) is 10.8 Å². The monoisotopic (exact) mass is 305 g/mol. The minimum Gasteiger partial charge on any atom is -0.396 e. The Labute approximate surface area is 117 Å². The van der Waals surface area contributed by atoms with Crippen LogP contribution in [0.3, 0.4) is 0 Å². The zero-order chi connectivity index (χ0) is 14.9. The normalized spacial score (nSPS) is 13.7. The molecule has 0 aliphatic rings. The summed E-state index contributed by atoms with van der Waals surface area (Å²) >= 11 is 1.29. The molecule has 0 aliphatic heterocycles. The molecule has 0 amide bonds. The van der Waals surface area contributed by atoms with Crippen molar-refractivity contribution in [1.29, 1.82) is 0 Å². The number of alkyl halides is 3. The van der Waals surface area contributed by atoms with Gasteiger partial charge in [0.25, 0.3) is 0 Å². The number of aliphatic hydroxyl groups is 1. The minimum absolute atomic E-state index is 0.0315. The molecule has 110 valence electrons. The lowest BCUT2D eigenvalue weighted by atomic mass is 10.2. The maximum atomic E-state index is 12.7. The lowest BCUT2D eigenvalue weighted by Gasteiger charge is -2.05. The van der Waals surface area contributed by atoms with E-state index in [2.05, 4.69) is 5.10 Å². The molecule has 0 spiro atoms. The molecule has 0 radical (unpaired) electrons. The van der Waals surface area contributed by atoms with Gasteiger partial charge in [-0.05, 0) is 24.6 Å². The van der Waals surface area contributed by atoms with Crippen molar-refractivity contribution < 1.29 is 18.3 Å². The second-order valence-electron chi connectivity index (χ2n) is 4.36. The van der Waals surface area contributed by atoms with Crippen LogP contribution >= 0.6 is 11.3 Å². The van der Waals surface area contributed by atoms with Crippen molar-refractivity contribution in [3.63, 3.8) is 0 Å². The maximum Gasteiger partial charge on any atom is 0.433 e. The third-order valence-electron chi connectivity index (χ3n) is 2.86. The van der Waals surface area contributed by atoms with Gasteiger partial charge < -0.3 is 10.8 Å². The molecular formula is C12H14F3N3OS. The van der Waals surface area contributed by atoms with E-state index in [1.165, 1.54) is 18.4 Å². The predicted molar refractivity (Wildman–Crippen MR) is 70.2 cm³/mol. The van der Waals surface area contributed by atoms with E-state index in [0.717, 1.165) is 15.6 Å². The van der Waals surface area contributed by atoms with E-state index in [9.17, 15) is 13.2 Å². The van der Waals surface area contributed by atoms with Crippen LogP contribution in [0.2, 0.25) is 0 Å². The summed E-state index contributed by atoms with van der Waals surface area (Å²) in [5.41, 5.74) is 5.33. The Morgan fingerprint density at radius 2 is 2.15 bits per heavy atom. The van der Waals surface area contributed by atoms with Gasteiger partial charge in [0.2, 0.25) is 0 Å². The number of hydrogen-bond donors (Lipinski definition) is 2. The molecule has 20 heavy (non-hydrogen) atoms. The van der Waals surface area contributed by atoms with Crippen molar-refractivity contribution in [3.05, 3.63) is 28.8 Å². The quantitative estimate of drug-likeness (QED) is 0.912. The topological polar surface area (TPSA) is 64.1 Å². The lowest BCUT2D eigenvalue weighted by molar-refractivity contribution is -0.143. The Morgan fingerprint density at radius 3 is 2.70 bits per heavy atom. The number of nitrogens with two attached hydrogens (primary N) is 1. The van der Waals surface area contributed by atoms with Crippen LogP contribution in [0, 0.1) is 0 Å². The third-order valence-corrected chi connectivity index (χ3v) is 4.09. The van der Waals surface area contributed by atoms with Crippen LogP contribution in [0.1, 0.15) is 23.0 Å². The highest BCUT2D eigenvalue weighted by molar-refractivity contribution is 7.15. The standard InChI is InChI=1S/C12H14F3N3OS/c1-18-11(12(13,14)15)6-8(17-18)10-3-2-9(20-10)7(16)4-5-19/h2-3,6-7,19H,4-5,16H2,1H3. The zero-order valence-electron chi connectivity index (χ0n) is 10.7. The first kappa shape index (κ1) is 15.0. The molecule has 4 nitrogen and oxygen atoms in total. The third kappa shape index (κ3) is 3.02. The van der Waals surface area contributed by atoms with Gasteiger partial charge in [-0.2, -0.15) is 18.3 Å². The number of thiophene rings is 1. The molecule has 0 aliphatic carbocycles. The molecule has 1 unspecified atom stereocenters. The first-order chi connectivity index (χ1) is 9.32. The van der Waals surface area contributed by atoms with E-state index in [-0.39, 0.29) is 18.3 Å². The summed E-state index contributed by atoms with van der Waals surface area (Å²) in [5.74, 6) is 0. The van der Waals surface area contributed by atoms with Crippen LogP contribution < -0.4 is 5.73 Å². The van der Waals surface area contributed by atoms with E-state index in [1.54, 1.807) is 12.1 Å². The van der Waals surface area contributed by atoms with Crippen molar-refractivity contribution in [2.75, 3.05) is 6.61 Å². The molecule has 0 aromatic carbocycles. The molecule has 0 fully saturated rings. The van der Waals surface area contributed by atoms with Crippen molar-refractivity contribution in [3.8, 4) is 10.6 Å². The number of rotatable bonds is 4. The van der Waals surface area contributed by atoms with Gasteiger partial charge in [0, 0.05) is 24.6 Å². The fourth-order valence-electron chi connectivity index (χ4n) is 1.82. The van der Waals surface area contributed by atoms with Crippen molar-refractivity contribution in [1.82, 2.24) is 9.78 Å². The minimum atomic E-state index is -4.42. The number of halogens is 3. The molecule has 3 N–H and O–H groups in total. The van der Waals surface area contributed by atoms with Crippen LogP contribution in [0.25, 0.3) is 10.6 Å². The molecule has 1 atom stereocenters. The average Bonchev–Trinajstić information content (AvgIpc) is 2.94. The molecule has 0 bridgehead atoms. The van der Waals surface area contributed by atoms with E-state index < -0.39 is 11.9 Å². The number of nitrogens with zero attached hydrogens (tertiary/aromatic N) is 2.